The number of carbonyl (C=O) groups is 2. The second-order valence-electron chi connectivity index (χ2n) is 22.3. The number of hydrogen-bond donors (Lipinski definition) is 0. The Kier molecular flexibility index (Phi) is 15.3. The van der Waals surface area contributed by atoms with Gasteiger partial charge in [-0.1, -0.05) is 125 Å². The number of esters is 1. The average molecular weight is 811 g/mol. The fourth-order valence-corrected chi connectivity index (χ4v) is 13.1. The second kappa shape index (κ2) is 18.1. The molecule has 0 N–H and O–H groups in total. The van der Waals surface area contributed by atoms with Gasteiger partial charge in [-0.05, 0) is 129 Å². The third-order valence-corrected chi connectivity index (χ3v) is 25.1. The number of rotatable bonds is 18. The van der Waals surface area contributed by atoms with E-state index in [1.807, 2.05) is 0 Å². The van der Waals surface area contributed by atoms with Crippen molar-refractivity contribution in [1.29, 1.82) is 0 Å². The normalized spacial score (nSPS) is 27.9. The lowest BCUT2D eigenvalue weighted by molar-refractivity contribution is -0.153. The van der Waals surface area contributed by atoms with Gasteiger partial charge in [0.15, 0.2) is 22.4 Å². The molecule has 4 aliphatic carbocycles. The molecular formula is C49H86O5Si2. The van der Waals surface area contributed by atoms with Gasteiger partial charge in [-0.25, -0.2) is 0 Å². The summed E-state index contributed by atoms with van der Waals surface area (Å²) in [6.45, 7) is 36.6. The van der Waals surface area contributed by atoms with Crippen molar-refractivity contribution in [2.75, 3.05) is 0 Å². The first-order valence-electron chi connectivity index (χ1n) is 23.0. The quantitative estimate of drug-likeness (QED) is 0.0597. The highest BCUT2D eigenvalue weighted by atomic mass is 28.4. The van der Waals surface area contributed by atoms with Gasteiger partial charge in [0.05, 0.1) is 0 Å². The molecule has 0 aliphatic heterocycles. The Morgan fingerprint density at radius 3 is 1.96 bits per heavy atom. The van der Waals surface area contributed by atoms with Crippen LogP contribution >= 0.6 is 0 Å². The van der Waals surface area contributed by atoms with Crippen LogP contribution in [0.4, 0.5) is 0 Å². The van der Waals surface area contributed by atoms with Crippen LogP contribution < -0.4 is 0 Å². The number of carbonyl (C=O) groups excluding carboxylic acids is 2. The molecule has 0 aromatic rings. The van der Waals surface area contributed by atoms with E-state index in [0.29, 0.717) is 24.0 Å². The number of hydrogen-bond acceptors (Lipinski definition) is 5. The number of allylic oxidation sites excluding steroid dienone is 3. The highest BCUT2D eigenvalue weighted by molar-refractivity contribution is 6.75. The smallest absolute Gasteiger partial charge is 0.302 e. The molecule has 0 aromatic heterocycles. The van der Waals surface area contributed by atoms with Gasteiger partial charge in [-0.2, -0.15) is 0 Å². The van der Waals surface area contributed by atoms with Crippen molar-refractivity contribution in [2.24, 2.45) is 28.6 Å². The van der Waals surface area contributed by atoms with E-state index in [2.05, 4.69) is 101 Å². The predicted molar refractivity (Wildman–Crippen MR) is 241 cm³/mol. The molecule has 0 bridgehead atoms. The second-order valence-corrected chi connectivity index (χ2v) is 31.7. The summed E-state index contributed by atoms with van der Waals surface area (Å²) in [4.78, 5) is 26.5. The summed E-state index contributed by atoms with van der Waals surface area (Å²) in [5.74, 6) is 0.330. The molecule has 0 saturated heterocycles. The molecule has 4 fully saturated rings. The summed E-state index contributed by atoms with van der Waals surface area (Å²) in [6, 6.07) is 0. The van der Waals surface area contributed by atoms with Crippen LogP contribution in [0.1, 0.15) is 185 Å². The first-order valence-corrected chi connectivity index (χ1v) is 28.9. The number of Topliss-reactive ketones (excluding diaryl/α,β-unsaturated/α-hetero) is 1. The van der Waals surface area contributed by atoms with E-state index in [4.69, 9.17) is 20.2 Å². The Morgan fingerprint density at radius 2 is 1.41 bits per heavy atom. The van der Waals surface area contributed by atoms with E-state index in [1.165, 1.54) is 51.0 Å². The number of ketones is 1. The maximum atomic E-state index is 14.0. The number of unbranched alkanes of at least 4 members (excludes halogenated alkanes) is 5. The maximum Gasteiger partial charge on any atom is 0.302 e. The van der Waals surface area contributed by atoms with Crippen LogP contribution in [0.5, 0.6) is 0 Å². The topological polar surface area (TPSA) is 61.8 Å². The fourth-order valence-electron chi connectivity index (χ4n) is 10.2. The van der Waals surface area contributed by atoms with Crippen molar-refractivity contribution in [3.8, 4) is 0 Å². The van der Waals surface area contributed by atoms with Crippen LogP contribution in [-0.4, -0.2) is 40.3 Å². The molecule has 4 aliphatic rings. The minimum absolute atomic E-state index is 0.0533. The van der Waals surface area contributed by atoms with Crippen LogP contribution in [0, 0.1) is 28.6 Å². The summed E-state index contributed by atoms with van der Waals surface area (Å²) in [5.41, 5.74) is 3.82. The van der Waals surface area contributed by atoms with E-state index in [1.54, 1.807) is 5.57 Å². The molecule has 1 unspecified atom stereocenters. The van der Waals surface area contributed by atoms with Crippen LogP contribution in [0.2, 0.25) is 36.3 Å². The van der Waals surface area contributed by atoms with Crippen molar-refractivity contribution >= 4 is 28.4 Å². The van der Waals surface area contributed by atoms with Crippen molar-refractivity contribution in [3.63, 3.8) is 0 Å². The summed E-state index contributed by atoms with van der Waals surface area (Å²) in [5, 5.41) is 0.107. The van der Waals surface area contributed by atoms with Crippen LogP contribution in [0.15, 0.2) is 35.5 Å². The highest BCUT2D eigenvalue weighted by Crippen LogP contribution is 2.61. The standard InChI is InChI=1S/C49H86O5Si2/c1-16-17-18-19-20-21-31-48(33-34-48)44(51)35-43(52-38(4)50)36(2)41-28-29-42-40(25-22-30-47(41,42)11)27-26-39-24-23-32-49(37(39)3,53-55(12,13)45(5,6)7)54-56(14,15)46(8,9)10/h26-27,36,41-43H,3,16-25,28-35H2,1-2,4-15H3/b39-26-,40-27+/t36-,41+,42-,43?,47+/m0/s1. The van der Waals surface area contributed by atoms with Crippen molar-refractivity contribution in [3.05, 3.63) is 35.5 Å². The van der Waals surface area contributed by atoms with Gasteiger partial charge in [0.25, 0.3) is 0 Å². The van der Waals surface area contributed by atoms with Crippen LogP contribution in [-0.2, 0) is 23.2 Å². The Hall–Kier alpha value is -1.29. The summed E-state index contributed by atoms with van der Waals surface area (Å²) in [7, 11) is -4.41. The molecule has 0 heterocycles. The van der Waals surface area contributed by atoms with Crippen molar-refractivity contribution in [2.45, 2.75) is 233 Å². The molecule has 7 heteroatoms. The van der Waals surface area contributed by atoms with Crippen LogP contribution in [0.25, 0.3) is 0 Å². The molecule has 4 rings (SSSR count). The SMILES string of the molecule is C=C1/C(=C\C=C2/CCC[C@]3(C)[C@@H]([C@H](C)C(CC(=O)C4(CCCCCCCC)CC4)OC(C)=O)CC[C@@H]23)CCCC1(O[Si](C)(C)C(C)(C)C)O[Si](C)(C)C(C)(C)C. The van der Waals surface area contributed by atoms with Gasteiger partial charge in [-0.15, -0.1) is 0 Å². The Morgan fingerprint density at radius 1 is 0.839 bits per heavy atom. The van der Waals surface area contributed by atoms with Gasteiger partial charge in [0.2, 0.25) is 0 Å². The summed E-state index contributed by atoms with van der Waals surface area (Å²) in [6.07, 6.45) is 24.0. The van der Waals surface area contributed by atoms with Gasteiger partial charge >= 0.3 is 5.97 Å². The van der Waals surface area contributed by atoms with Gasteiger partial charge in [-0.3, -0.25) is 9.59 Å². The molecule has 320 valence electrons. The molecular weight excluding hydrogens is 725 g/mol. The molecule has 0 aromatic carbocycles. The zero-order chi connectivity index (χ0) is 42.0. The monoisotopic (exact) mass is 811 g/mol. The molecule has 5 atom stereocenters. The largest absolute Gasteiger partial charge is 0.462 e. The Labute approximate surface area is 347 Å². The summed E-state index contributed by atoms with van der Waals surface area (Å²) >= 11 is 0. The zero-order valence-electron chi connectivity index (χ0n) is 38.9. The molecule has 0 radical (unpaired) electrons. The molecule has 5 nitrogen and oxygen atoms in total. The van der Waals surface area contributed by atoms with E-state index >= 15 is 0 Å². The van der Waals surface area contributed by atoms with Crippen molar-refractivity contribution in [1.82, 2.24) is 0 Å². The molecule has 4 saturated carbocycles. The minimum atomic E-state index is -2.20. The highest BCUT2D eigenvalue weighted by Gasteiger charge is 2.55. The minimum Gasteiger partial charge on any atom is -0.462 e. The Bertz CT molecular complexity index is 1420. The lowest BCUT2D eigenvalue weighted by atomic mass is 9.60. The average Bonchev–Trinajstić information content (AvgIpc) is 3.78. The van der Waals surface area contributed by atoms with Crippen molar-refractivity contribution < 1.29 is 23.2 Å². The molecule has 0 amide bonds. The van der Waals surface area contributed by atoms with Crippen LogP contribution in [0.3, 0.4) is 0 Å². The zero-order valence-corrected chi connectivity index (χ0v) is 40.9. The van der Waals surface area contributed by atoms with Gasteiger partial charge in [0, 0.05) is 30.8 Å². The van der Waals surface area contributed by atoms with E-state index in [-0.39, 0.29) is 38.9 Å². The summed E-state index contributed by atoms with van der Waals surface area (Å²) < 4.78 is 20.9. The van der Waals surface area contributed by atoms with Gasteiger partial charge < -0.3 is 13.6 Å². The molecule has 56 heavy (non-hydrogen) atoms. The third-order valence-electron chi connectivity index (χ3n) is 16.2. The maximum absolute atomic E-state index is 14.0. The van der Waals surface area contributed by atoms with Gasteiger partial charge in [0.1, 0.15) is 11.9 Å². The Balaban J connectivity index is 1.55. The predicted octanol–water partition coefficient (Wildman–Crippen LogP) is 14.6. The third kappa shape index (κ3) is 10.7. The lowest BCUT2D eigenvalue weighted by Crippen LogP contribution is -2.58. The number of fused-ring (bicyclic) bond motifs is 1. The lowest BCUT2D eigenvalue weighted by Gasteiger charge is -2.53. The first kappa shape index (κ1) is 47.4. The fraction of sp³-hybridized carbons (Fsp3) is 0.837. The number of ether oxygens (including phenoxy) is 1. The van der Waals surface area contributed by atoms with E-state index in [0.717, 1.165) is 76.2 Å². The first-order chi connectivity index (χ1) is 25.8. The van der Waals surface area contributed by atoms with E-state index in [9.17, 15) is 9.59 Å². The van der Waals surface area contributed by atoms with E-state index < -0.39 is 22.4 Å². The molecule has 0 spiro atoms.